The zero-order chi connectivity index (χ0) is 19.4. The molecule has 2 aromatic rings. The summed E-state index contributed by atoms with van der Waals surface area (Å²) in [6.45, 7) is 4.06. The molecule has 1 aliphatic rings. The van der Waals surface area contributed by atoms with E-state index in [4.69, 9.17) is 21.1 Å². The number of halogens is 1. The predicted octanol–water partition coefficient (Wildman–Crippen LogP) is 5.00. The standard InChI is InChI=1S/C21H24ClNO3S/c1-21(2)11-18(17-9-8-16(25-3)10-19(17)26-21)23-20(24)13-27-12-14-4-6-15(22)7-5-14/h4-10,18H,11-13H2,1-3H3,(H,23,24)/t18-/m0/s1. The van der Waals surface area contributed by atoms with Crippen LogP contribution in [0.15, 0.2) is 42.5 Å². The number of rotatable bonds is 6. The summed E-state index contributed by atoms with van der Waals surface area (Å²) in [5, 5.41) is 3.88. The Morgan fingerprint density at radius 3 is 2.74 bits per heavy atom. The number of benzene rings is 2. The smallest absolute Gasteiger partial charge is 0.230 e. The highest BCUT2D eigenvalue weighted by atomic mass is 35.5. The van der Waals surface area contributed by atoms with Crippen LogP contribution in [0.4, 0.5) is 0 Å². The minimum Gasteiger partial charge on any atom is -0.497 e. The number of fused-ring (bicyclic) bond motifs is 1. The lowest BCUT2D eigenvalue weighted by Crippen LogP contribution is -2.41. The lowest BCUT2D eigenvalue weighted by molar-refractivity contribution is -0.119. The van der Waals surface area contributed by atoms with E-state index in [2.05, 4.69) is 5.32 Å². The van der Waals surface area contributed by atoms with Gasteiger partial charge in [-0.3, -0.25) is 4.79 Å². The molecule has 0 bridgehead atoms. The zero-order valence-electron chi connectivity index (χ0n) is 15.8. The molecule has 3 rings (SSSR count). The van der Waals surface area contributed by atoms with Gasteiger partial charge in [-0.25, -0.2) is 0 Å². The molecule has 0 saturated heterocycles. The second kappa shape index (κ2) is 8.44. The number of carbonyl (C=O) groups excluding carboxylic acids is 1. The van der Waals surface area contributed by atoms with Crippen molar-refractivity contribution in [3.05, 3.63) is 58.6 Å². The lowest BCUT2D eigenvalue weighted by atomic mass is 9.89. The highest BCUT2D eigenvalue weighted by molar-refractivity contribution is 7.99. The van der Waals surface area contributed by atoms with Crippen LogP contribution < -0.4 is 14.8 Å². The fourth-order valence-electron chi connectivity index (χ4n) is 3.17. The van der Waals surface area contributed by atoms with Gasteiger partial charge in [0.2, 0.25) is 5.91 Å². The first-order chi connectivity index (χ1) is 12.9. The molecule has 6 heteroatoms. The largest absolute Gasteiger partial charge is 0.497 e. The molecule has 1 atom stereocenters. The number of hydrogen-bond donors (Lipinski definition) is 1. The molecule has 27 heavy (non-hydrogen) atoms. The monoisotopic (exact) mass is 405 g/mol. The molecule has 0 spiro atoms. The van der Waals surface area contributed by atoms with Crippen molar-refractivity contribution >= 4 is 29.3 Å². The third kappa shape index (κ3) is 5.33. The maximum absolute atomic E-state index is 12.5. The van der Waals surface area contributed by atoms with E-state index in [1.165, 1.54) is 0 Å². The Balaban J connectivity index is 1.60. The quantitative estimate of drug-likeness (QED) is 0.734. The minimum atomic E-state index is -0.353. The normalized spacial score (nSPS) is 17.6. The van der Waals surface area contributed by atoms with Crippen LogP contribution in [0.2, 0.25) is 5.02 Å². The Morgan fingerprint density at radius 1 is 1.30 bits per heavy atom. The summed E-state index contributed by atoms with van der Waals surface area (Å²) in [4.78, 5) is 12.5. The molecule has 1 N–H and O–H groups in total. The molecule has 0 saturated carbocycles. The number of nitrogens with one attached hydrogen (secondary N) is 1. The van der Waals surface area contributed by atoms with Crippen LogP contribution in [0.25, 0.3) is 0 Å². The number of thioether (sulfide) groups is 1. The van der Waals surface area contributed by atoms with Crippen molar-refractivity contribution in [2.24, 2.45) is 0 Å². The summed E-state index contributed by atoms with van der Waals surface area (Å²) < 4.78 is 11.4. The van der Waals surface area contributed by atoms with Crippen molar-refractivity contribution < 1.29 is 14.3 Å². The first-order valence-electron chi connectivity index (χ1n) is 8.85. The van der Waals surface area contributed by atoms with E-state index in [9.17, 15) is 4.79 Å². The molecule has 0 unspecified atom stereocenters. The fourth-order valence-corrected chi connectivity index (χ4v) is 4.09. The molecule has 144 valence electrons. The maximum Gasteiger partial charge on any atom is 0.230 e. The third-order valence-corrected chi connectivity index (χ3v) is 5.68. The van der Waals surface area contributed by atoms with Crippen molar-refractivity contribution in [3.63, 3.8) is 0 Å². The van der Waals surface area contributed by atoms with Gasteiger partial charge in [0.05, 0.1) is 18.9 Å². The Bertz CT molecular complexity index is 808. The van der Waals surface area contributed by atoms with Gasteiger partial charge in [-0.2, -0.15) is 0 Å². The molecule has 2 aromatic carbocycles. The molecule has 0 aromatic heterocycles. The molecular weight excluding hydrogens is 382 g/mol. The van der Waals surface area contributed by atoms with E-state index in [0.29, 0.717) is 5.75 Å². The van der Waals surface area contributed by atoms with Gasteiger partial charge in [-0.05, 0) is 43.7 Å². The van der Waals surface area contributed by atoms with Gasteiger partial charge in [0.25, 0.3) is 0 Å². The van der Waals surface area contributed by atoms with Gasteiger partial charge in [-0.1, -0.05) is 23.7 Å². The van der Waals surface area contributed by atoms with Crippen molar-refractivity contribution in [1.82, 2.24) is 5.32 Å². The Labute approximate surface area is 169 Å². The predicted molar refractivity (Wildman–Crippen MR) is 111 cm³/mol. The van der Waals surface area contributed by atoms with Crippen molar-refractivity contribution in [3.8, 4) is 11.5 Å². The Morgan fingerprint density at radius 2 is 2.04 bits per heavy atom. The van der Waals surface area contributed by atoms with Crippen LogP contribution in [0.5, 0.6) is 11.5 Å². The molecule has 0 radical (unpaired) electrons. The summed E-state index contributed by atoms with van der Waals surface area (Å²) >= 11 is 7.49. The molecule has 0 aliphatic carbocycles. The van der Waals surface area contributed by atoms with Crippen LogP contribution in [-0.2, 0) is 10.5 Å². The molecule has 0 fully saturated rings. The van der Waals surface area contributed by atoms with Crippen LogP contribution >= 0.6 is 23.4 Å². The zero-order valence-corrected chi connectivity index (χ0v) is 17.3. The van der Waals surface area contributed by atoms with Crippen LogP contribution in [-0.4, -0.2) is 24.4 Å². The second-order valence-electron chi connectivity index (χ2n) is 7.21. The summed E-state index contributed by atoms with van der Waals surface area (Å²) in [6.07, 6.45) is 0.722. The molecule has 1 amide bonds. The number of hydrogen-bond acceptors (Lipinski definition) is 4. The highest BCUT2D eigenvalue weighted by Crippen LogP contribution is 2.41. The number of ether oxygens (including phenoxy) is 2. The van der Waals surface area contributed by atoms with Crippen molar-refractivity contribution in [2.75, 3.05) is 12.9 Å². The third-order valence-electron chi connectivity index (χ3n) is 4.43. The first kappa shape index (κ1) is 19.9. The average Bonchev–Trinajstić information content (AvgIpc) is 2.62. The highest BCUT2D eigenvalue weighted by Gasteiger charge is 2.34. The van der Waals surface area contributed by atoms with E-state index in [0.717, 1.165) is 39.8 Å². The van der Waals surface area contributed by atoms with Gasteiger partial charge < -0.3 is 14.8 Å². The Hall–Kier alpha value is -1.85. The van der Waals surface area contributed by atoms with Gasteiger partial charge in [0, 0.05) is 28.8 Å². The van der Waals surface area contributed by atoms with E-state index in [1.807, 2.05) is 56.3 Å². The summed E-state index contributed by atoms with van der Waals surface area (Å²) in [5.74, 6) is 2.72. The summed E-state index contributed by atoms with van der Waals surface area (Å²) in [5.41, 5.74) is 1.79. The van der Waals surface area contributed by atoms with E-state index >= 15 is 0 Å². The van der Waals surface area contributed by atoms with Gasteiger partial charge in [0.1, 0.15) is 17.1 Å². The number of amides is 1. The second-order valence-corrected chi connectivity index (χ2v) is 8.63. The van der Waals surface area contributed by atoms with Crippen LogP contribution in [0.3, 0.4) is 0 Å². The van der Waals surface area contributed by atoms with Crippen molar-refractivity contribution in [1.29, 1.82) is 0 Å². The molecule has 1 heterocycles. The summed E-state index contributed by atoms with van der Waals surface area (Å²) in [6, 6.07) is 13.4. The van der Waals surface area contributed by atoms with Crippen molar-refractivity contribution in [2.45, 2.75) is 37.7 Å². The first-order valence-corrected chi connectivity index (χ1v) is 10.4. The van der Waals surface area contributed by atoms with Crippen LogP contribution in [0.1, 0.15) is 37.4 Å². The van der Waals surface area contributed by atoms with Crippen LogP contribution in [0, 0.1) is 0 Å². The van der Waals surface area contributed by atoms with Gasteiger partial charge >= 0.3 is 0 Å². The Kier molecular flexibility index (Phi) is 6.22. The van der Waals surface area contributed by atoms with Gasteiger partial charge in [-0.15, -0.1) is 11.8 Å². The molecule has 4 nitrogen and oxygen atoms in total. The molecule has 1 aliphatic heterocycles. The van der Waals surface area contributed by atoms with E-state index in [-0.39, 0.29) is 17.6 Å². The maximum atomic E-state index is 12.5. The van der Waals surface area contributed by atoms with E-state index < -0.39 is 0 Å². The summed E-state index contributed by atoms with van der Waals surface area (Å²) in [7, 11) is 1.63. The number of methoxy groups -OCH3 is 1. The van der Waals surface area contributed by atoms with Gasteiger partial charge in [0.15, 0.2) is 0 Å². The van der Waals surface area contributed by atoms with E-state index in [1.54, 1.807) is 18.9 Å². The average molecular weight is 406 g/mol. The fraction of sp³-hybridized carbons (Fsp3) is 0.381. The number of carbonyl (C=O) groups is 1. The minimum absolute atomic E-state index is 0.0263. The molecular formula is C21H24ClNO3S. The lowest BCUT2D eigenvalue weighted by Gasteiger charge is -2.38. The topological polar surface area (TPSA) is 47.6 Å². The SMILES string of the molecule is COc1ccc2c(c1)OC(C)(C)C[C@@H]2NC(=O)CSCc1ccc(Cl)cc1.